The highest BCUT2D eigenvalue weighted by atomic mass is 16.7. The molecule has 9 unspecified atom stereocenters. The lowest BCUT2D eigenvalue weighted by Gasteiger charge is -2.40. The molecule has 0 saturated carbocycles. The minimum atomic E-state index is -1.66. The van der Waals surface area contributed by atoms with Crippen LogP contribution in [0, 0.1) is 5.92 Å². The highest BCUT2D eigenvalue weighted by molar-refractivity contribution is 5.80. The zero-order valence-electron chi connectivity index (χ0n) is 35.8. The van der Waals surface area contributed by atoms with Crippen molar-refractivity contribution >= 4 is 5.91 Å². The van der Waals surface area contributed by atoms with Crippen LogP contribution in [0.3, 0.4) is 0 Å². The molecule has 1 heterocycles. The van der Waals surface area contributed by atoms with E-state index >= 15 is 0 Å². The molecule has 1 amide bonds. The number of amides is 1. The minimum Gasteiger partial charge on any atom is -0.394 e. The third kappa shape index (κ3) is 25.4. The molecule has 0 aromatic heterocycles. The monoisotopic (exact) mass is 802 g/mol. The highest BCUT2D eigenvalue weighted by Crippen LogP contribution is 2.23. The second kappa shape index (κ2) is 34.7. The van der Waals surface area contributed by atoms with Crippen LogP contribution in [0.5, 0.6) is 0 Å². The lowest BCUT2D eigenvalue weighted by molar-refractivity contribution is -0.303. The Morgan fingerprint density at radius 2 is 1.11 bits per heavy atom. The first kappa shape index (κ1) is 52.9. The van der Waals surface area contributed by atoms with Crippen LogP contribution in [0.1, 0.15) is 194 Å². The van der Waals surface area contributed by atoms with Crippen LogP contribution in [0.2, 0.25) is 0 Å². The van der Waals surface area contributed by atoms with E-state index in [1.54, 1.807) is 0 Å². The molecule has 0 aromatic carbocycles. The number of ether oxygens (including phenoxy) is 2. The van der Waals surface area contributed by atoms with Gasteiger partial charge in [-0.3, -0.25) is 4.79 Å². The maximum Gasteiger partial charge on any atom is 0.249 e. The van der Waals surface area contributed by atoms with Crippen LogP contribution in [0.25, 0.3) is 0 Å². The summed E-state index contributed by atoms with van der Waals surface area (Å²) in [5, 5.41) is 75.5. The fourth-order valence-corrected chi connectivity index (χ4v) is 7.38. The standard InChI is InChI=1S/C45H87NO10/c1-4-5-6-7-8-9-10-11-12-13-14-15-16-17-18-19-22-26-29-32-38(49)44(54)46-36(34-55-45-43(53)42(52)41(51)39(33-47)56-45)40(50)37(48)31-28-25-23-20-21-24-27-30-35(2)3/h9-10,35-43,45,47-53H,4-8,11-34H2,1-3H3,(H,46,54). The Morgan fingerprint density at radius 1 is 0.643 bits per heavy atom. The van der Waals surface area contributed by atoms with E-state index in [0.29, 0.717) is 19.3 Å². The molecule has 0 aromatic rings. The van der Waals surface area contributed by atoms with Gasteiger partial charge in [0.1, 0.15) is 36.6 Å². The van der Waals surface area contributed by atoms with E-state index in [0.717, 1.165) is 44.4 Å². The van der Waals surface area contributed by atoms with Crippen LogP contribution >= 0.6 is 0 Å². The Hall–Kier alpha value is -1.15. The summed E-state index contributed by atoms with van der Waals surface area (Å²) >= 11 is 0. The molecule has 0 bridgehead atoms. The Labute approximate surface area is 341 Å². The maximum absolute atomic E-state index is 13.1. The quantitative estimate of drug-likeness (QED) is 0.0237. The molecule has 0 aliphatic carbocycles. The molecule has 56 heavy (non-hydrogen) atoms. The van der Waals surface area contributed by atoms with Crippen molar-refractivity contribution in [2.45, 2.75) is 249 Å². The smallest absolute Gasteiger partial charge is 0.249 e. The van der Waals surface area contributed by atoms with Gasteiger partial charge in [0.15, 0.2) is 6.29 Å². The van der Waals surface area contributed by atoms with Crippen molar-refractivity contribution in [3.05, 3.63) is 12.2 Å². The average molecular weight is 802 g/mol. The Balaban J connectivity index is 2.41. The van der Waals surface area contributed by atoms with Gasteiger partial charge in [-0.1, -0.05) is 168 Å². The number of aliphatic hydroxyl groups is 7. The largest absolute Gasteiger partial charge is 0.394 e. The van der Waals surface area contributed by atoms with E-state index < -0.39 is 74.2 Å². The third-order valence-electron chi connectivity index (χ3n) is 11.2. The van der Waals surface area contributed by atoms with Crippen LogP contribution in [-0.4, -0.2) is 110 Å². The molecular formula is C45H87NO10. The number of carbonyl (C=O) groups is 1. The summed E-state index contributed by atoms with van der Waals surface area (Å²) < 4.78 is 11.1. The first-order chi connectivity index (χ1) is 27.0. The minimum absolute atomic E-state index is 0.260. The van der Waals surface area contributed by atoms with E-state index in [2.05, 4.69) is 38.2 Å². The van der Waals surface area contributed by atoms with Crippen LogP contribution in [-0.2, 0) is 14.3 Å². The Bertz CT molecular complexity index is 937. The van der Waals surface area contributed by atoms with Crippen molar-refractivity contribution in [2.24, 2.45) is 5.92 Å². The van der Waals surface area contributed by atoms with Crippen molar-refractivity contribution in [3.8, 4) is 0 Å². The maximum atomic E-state index is 13.1. The summed E-state index contributed by atoms with van der Waals surface area (Å²) in [5.74, 6) is 0.0269. The lowest BCUT2D eigenvalue weighted by atomic mass is 9.98. The lowest BCUT2D eigenvalue weighted by Crippen LogP contribution is -2.60. The summed E-state index contributed by atoms with van der Waals surface area (Å²) in [6.07, 6.45) is 22.9. The number of rotatable bonds is 37. The molecule has 332 valence electrons. The molecule has 1 aliphatic heterocycles. The summed E-state index contributed by atoms with van der Waals surface area (Å²) in [5.41, 5.74) is 0. The number of unbranched alkanes of at least 4 members (excludes halogenated alkanes) is 21. The highest BCUT2D eigenvalue weighted by Gasteiger charge is 2.44. The predicted molar refractivity (Wildman–Crippen MR) is 224 cm³/mol. The summed E-state index contributed by atoms with van der Waals surface area (Å²) in [7, 11) is 0. The van der Waals surface area contributed by atoms with E-state index in [4.69, 9.17) is 9.47 Å². The topological polar surface area (TPSA) is 189 Å². The zero-order valence-corrected chi connectivity index (χ0v) is 35.8. The second-order valence-electron chi connectivity index (χ2n) is 17.0. The van der Waals surface area contributed by atoms with Gasteiger partial charge in [-0.25, -0.2) is 0 Å². The fourth-order valence-electron chi connectivity index (χ4n) is 7.38. The summed E-state index contributed by atoms with van der Waals surface area (Å²) in [6.45, 7) is 5.67. The Kier molecular flexibility index (Phi) is 32.7. The van der Waals surface area contributed by atoms with Gasteiger partial charge in [0.05, 0.1) is 25.4 Å². The first-order valence-corrected chi connectivity index (χ1v) is 22.9. The van der Waals surface area contributed by atoms with Gasteiger partial charge in [-0.15, -0.1) is 0 Å². The normalized spacial score (nSPS) is 22.4. The summed E-state index contributed by atoms with van der Waals surface area (Å²) in [4.78, 5) is 13.1. The van der Waals surface area contributed by atoms with Gasteiger partial charge < -0.3 is 50.5 Å². The molecule has 1 fully saturated rings. The zero-order chi connectivity index (χ0) is 41.4. The average Bonchev–Trinajstić information content (AvgIpc) is 3.18. The predicted octanol–water partition coefficient (Wildman–Crippen LogP) is 7.14. The number of nitrogens with one attached hydrogen (secondary N) is 1. The number of hydrogen-bond donors (Lipinski definition) is 8. The number of carbonyl (C=O) groups excluding carboxylic acids is 1. The molecule has 1 aliphatic rings. The van der Waals surface area contributed by atoms with Gasteiger partial charge >= 0.3 is 0 Å². The SMILES string of the molecule is CCCCCCC=CCCCCCCCCCCCCCC(O)C(=O)NC(COC1OC(CO)C(O)C(O)C1O)C(O)C(O)CCCCCCCCCC(C)C. The van der Waals surface area contributed by atoms with Crippen molar-refractivity contribution < 1.29 is 50.0 Å². The van der Waals surface area contributed by atoms with Gasteiger partial charge in [-0.05, 0) is 44.4 Å². The van der Waals surface area contributed by atoms with Gasteiger partial charge in [0, 0.05) is 0 Å². The number of aliphatic hydroxyl groups excluding tert-OH is 7. The van der Waals surface area contributed by atoms with Gasteiger partial charge in [0.25, 0.3) is 0 Å². The molecule has 11 heteroatoms. The molecule has 8 N–H and O–H groups in total. The second-order valence-corrected chi connectivity index (χ2v) is 17.0. The van der Waals surface area contributed by atoms with Gasteiger partial charge in [0.2, 0.25) is 5.91 Å². The Morgan fingerprint density at radius 3 is 1.61 bits per heavy atom. The van der Waals surface area contributed by atoms with Crippen LogP contribution in [0.4, 0.5) is 0 Å². The summed E-state index contributed by atoms with van der Waals surface area (Å²) in [6, 6.07) is -1.16. The van der Waals surface area contributed by atoms with Gasteiger partial charge in [-0.2, -0.15) is 0 Å². The van der Waals surface area contributed by atoms with E-state index in [9.17, 15) is 40.5 Å². The molecular weight excluding hydrogens is 714 g/mol. The first-order valence-electron chi connectivity index (χ1n) is 22.9. The molecule has 9 atom stereocenters. The number of allylic oxidation sites excluding steroid dienone is 2. The van der Waals surface area contributed by atoms with E-state index in [1.165, 1.54) is 109 Å². The van der Waals surface area contributed by atoms with Crippen molar-refractivity contribution in [3.63, 3.8) is 0 Å². The van der Waals surface area contributed by atoms with E-state index in [1.807, 2.05) is 0 Å². The van der Waals surface area contributed by atoms with Crippen LogP contribution in [0.15, 0.2) is 12.2 Å². The molecule has 1 rings (SSSR count). The molecule has 0 radical (unpaired) electrons. The molecule has 1 saturated heterocycles. The van der Waals surface area contributed by atoms with Crippen molar-refractivity contribution in [1.29, 1.82) is 0 Å². The molecule has 11 nitrogen and oxygen atoms in total. The van der Waals surface area contributed by atoms with E-state index in [-0.39, 0.29) is 6.42 Å². The van der Waals surface area contributed by atoms with Crippen LogP contribution < -0.4 is 5.32 Å². The fraction of sp³-hybridized carbons (Fsp3) is 0.933. The third-order valence-corrected chi connectivity index (χ3v) is 11.2. The van der Waals surface area contributed by atoms with Crippen molar-refractivity contribution in [2.75, 3.05) is 13.2 Å². The molecule has 0 spiro atoms. The van der Waals surface area contributed by atoms with Crippen molar-refractivity contribution in [1.82, 2.24) is 5.32 Å². The number of hydrogen-bond acceptors (Lipinski definition) is 10.